The first-order valence-corrected chi connectivity index (χ1v) is 6.05. The van der Waals surface area contributed by atoms with Crippen LogP contribution >= 0.6 is 0 Å². The van der Waals surface area contributed by atoms with E-state index in [0.717, 1.165) is 0 Å². The SMILES string of the molecule is O=C[C@@H](O)[C@H](O)[C@@H](O)[C@H](O)C(=O)O.O=C[C@H](O)[C@@H](O)[C@H](O)CO. The molecule has 0 rings (SSSR count). The van der Waals surface area contributed by atoms with Gasteiger partial charge in [0, 0.05) is 0 Å². The molecule has 0 aromatic heterocycles. The Bertz CT molecular complexity index is 361. The van der Waals surface area contributed by atoms with Crippen molar-refractivity contribution in [1.29, 1.82) is 0 Å². The van der Waals surface area contributed by atoms with Crippen LogP contribution in [0.3, 0.4) is 0 Å². The van der Waals surface area contributed by atoms with E-state index in [4.69, 9.17) is 46.0 Å². The van der Waals surface area contributed by atoms with Crippen molar-refractivity contribution in [2.75, 3.05) is 6.61 Å². The summed E-state index contributed by atoms with van der Waals surface area (Å²) in [6.45, 7) is -0.688. The molecule has 0 aromatic rings. The lowest BCUT2D eigenvalue weighted by atomic mass is 10.0. The van der Waals surface area contributed by atoms with Gasteiger partial charge in [-0.2, -0.15) is 0 Å². The second-order valence-electron chi connectivity index (χ2n) is 4.26. The van der Waals surface area contributed by atoms with Gasteiger partial charge < -0.3 is 55.5 Å². The fraction of sp³-hybridized carbons (Fsp3) is 0.727. The van der Waals surface area contributed by atoms with Crippen molar-refractivity contribution in [1.82, 2.24) is 0 Å². The molecule has 0 spiro atoms. The van der Waals surface area contributed by atoms with Crippen LogP contribution in [0.25, 0.3) is 0 Å². The van der Waals surface area contributed by atoms with Gasteiger partial charge in [-0.25, -0.2) is 4.79 Å². The monoisotopic (exact) mass is 344 g/mol. The Hall–Kier alpha value is -1.51. The van der Waals surface area contributed by atoms with Crippen molar-refractivity contribution in [3.8, 4) is 0 Å². The zero-order chi connectivity index (χ0) is 18.7. The zero-order valence-corrected chi connectivity index (χ0v) is 11.7. The van der Waals surface area contributed by atoms with Gasteiger partial charge >= 0.3 is 5.97 Å². The van der Waals surface area contributed by atoms with E-state index in [9.17, 15) is 14.4 Å². The molecule has 0 unspecified atom stereocenters. The minimum absolute atomic E-state index is 0.0809. The van der Waals surface area contributed by atoms with Gasteiger partial charge in [-0.1, -0.05) is 0 Å². The molecule has 136 valence electrons. The van der Waals surface area contributed by atoms with Crippen molar-refractivity contribution in [3.63, 3.8) is 0 Å². The number of aliphatic hydroxyl groups excluding tert-OH is 8. The Kier molecular flexibility index (Phi) is 12.4. The van der Waals surface area contributed by atoms with Gasteiger partial charge in [-0.15, -0.1) is 0 Å². The Morgan fingerprint density at radius 3 is 1.48 bits per heavy atom. The van der Waals surface area contributed by atoms with Crippen LogP contribution in [0.4, 0.5) is 0 Å². The maximum atomic E-state index is 10.1. The van der Waals surface area contributed by atoms with E-state index in [-0.39, 0.29) is 12.6 Å². The third-order valence-electron chi connectivity index (χ3n) is 2.49. The number of hydrogen-bond acceptors (Lipinski definition) is 11. The molecule has 12 nitrogen and oxygen atoms in total. The lowest BCUT2D eigenvalue weighted by Gasteiger charge is -2.21. The molecule has 0 aromatic carbocycles. The predicted molar refractivity (Wildman–Crippen MR) is 68.9 cm³/mol. The number of carbonyl (C=O) groups excluding carboxylic acids is 2. The lowest BCUT2D eigenvalue weighted by Crippen LogP contribution is -2.48. The molecular formula is C11H20O12. The van der Waals surface area contributed by atoms with Crippen molar-refractivity contribution in [2.45, 2.75) is 42.7 Å². The Morgan fingerprint density at radius 1 is 0.783 bits per heavy atom. The molecule has 23 heavy (non-hydrogen) atoms. The van der Waals surface area contributed by atoms with E-state index in [2.05, 4.69) is 0 Å². The number of aliphatic carboxylic acids is 1. The summed E-state index contributed by atoms with van der Waals surface area (Å²) < 4.78 is 0. The molecule has 0 aliphatic heterocycles. The topological polar surface area (TPSA) is 233 Å². The van der Waals surface area contributed by atoms with Gasteiger partial charge in [-0.05, 0) is 0 Å². The van der Waals surface area contributed by atoms with Gasteiger partial charge in [0.1, 0.15) is 36.6 Å². The fourth-order valence-corrected chi connectivity index (χ4v) is 1.03. The normalized spacial score (nSPS) is 19.8. The summed E-state index contributed by atoms with van der Waals surface area (Å²) in [4.78, 5) is 29.7. The third kappa shape index (κ3) is 8.63. The van der Waals surface area contributed by atoms with Gasteiger partial charge in [0.2, 0.25) is 0 Å². The van der Waals surface area contributed by atoms with Gasteiger partial charge in [0.25, 0.3) is 0 Å². The van der Waals surface area contributed by atoms with E-state index in [1.165, 1.54) is 0 Å². The number of carboxylic acids is 1. The summed E-state index contributed by atoms with van der Waals surface area (Å²) in [6, 6.07) is 0. The molecule has 0 saturated carbocycles. The molecule has 12 heteroatoms. The number of rotatable bonds is 9. The quantitative estimate of drug-likeness (QED) is 0.178. The number of aldehydes is 2. The molecule has 0 bridgehead atoms. The average molecular weight is 344 g/mol. The van der Waals surface area contributed by atoms with Crippen LogP contribution in [0.15, 0.2) is 0 Å². The molecule has 0 heterocycles. The van der Waals surface area contributed by atoms with E-state index in [0.29, 0.717) is 0 Å². The van der Waals surface area contributed by atoms with Crippen LogP contribution in [0.2, 0.25) is 0 Å². The predicted octanol–water partition coefficient (Wildman–Crippen LogP) is -6.03. The van der Waals surface area contributed by atoms with Crippen LogP contribution in [0.1, 0.15) is 0 Å². The number of carboxylic acid groups (broad SMARTS) is 1. The van der Waals surface area contributed by atoms with Crippen LogP contribution in [-0.2, 0) is 14.4 Å². The molecule has 0 amide bonds. The number of carbonyl (C=O) groups is 3. The van der Waals surface area contributed by atoms with Gasteiger partial charge in [0.05, 0.1) is 6.61 Å². The molecule has 0 aliphatic carbocycles. The van der Waals surface area contributed by atoms with E-state index in [1.807, 2.05) is 0 Å². The minimum Gasteiger partial charge on any atom is -0.479 e. The van der Waals surface area contributed by atoms with Crippen LogP contribution < -0.4 is 0 Å². The van der Waals surface area contributed by atoms with E-state index < -0.39 is 55.3 Å². The summed E-state index contributed by atoms with van der Waals surface area (Å²) in [7, 11) is 0. The van der Waals surface area contributed by atoms with Crippen molar-refractivity contribution < 1.29 is 60.3 Å². The highest BCUT2D eigenvalue weighted by Gasteiger charge is 2.34. The highest BCUT2D eigenvalue weighted by atomic mass is 16.4. The molecule has 0 fully saturated rings. The van der Waals surface area contributed by atoms with Crippen molar-refractivity contribution in [3.05, 3.63) is 0 Å². The fourth-order valence-electron chi connectivity index (χ4n) is 1.03. The molecule has 9 N–H and O–H groups in total. The van der Waals surface area contributed by atoms with Gasteiger partial charge in [-0.3, -0.25) is 0 Å². The van der Waals surface area contributed by atoms with Gasteiger partial charge in [0.15, 0.2) is 18.7 Å². The lowest BCUT2D eigenvalue weighted by molar-refractivity contribution is -0.163. The second kappa shape index (κ2) is 12.0. The minimum atomic E-state index is -2.25. The summed E-state index contributed by atoms with van der Waals surface area (Å²) in [5.41, 5.74) is 0. The molecule has 7 atom stereocenters. The van der Waals surface area contributed by atoms with E-state index >= 15 is 0 Å². The largest absolute Gasteiger partial charge is 0.479 e. The van der Waals surface area contributed by atoms with Crippen LogP contribution in [0, 0.1) is 0 Å². The van der Waals surface area contributed by atoms with Crippen LogP contribution in [-0.4, -0.2) is 114 Å². The summed E-state index contributed by atoms with van der Waals surface area (Å²) >= 11 is 0. The molecular weight excluding hydrogens is 324 g/mol. The summed E-state index contributed by atoms with van der Waals surface area (Å²) in [5, 5.41) is 77.2. The van der Waals surface area contributed by atoms with Crippen molar-refractivity contribution >= 4 is 18.5 Å². The van der Waals surface area contributed by atoms with E-state index in [1.54, 1.807) is 0 Å². The Morgan fingerprint density at radius 2 is 1.17 bits per heavy atom. The first-order valence-electron chi connectivity index (χ1n) is 6.05. The highest BCUT2D eigenvalue weighted by Crippen LogP contribution is 2.03. The standard InChI is InChI=1S/C6H10O7.C5H10O5/c7-1-2(8)3(9)4(10)5(11)6(12)13;6-1-3(8)5(10)4(9)2-7/h1-5,8-11H,(H,12,13);1,3-5,7-10H,2H2/t2-,3+,4-,5+;3-,4+,5+/m10/s1. The summed E-state index contributed by atoms with van der Waals surface area (Å²) in [6.07, 6.45) is -13.0. The molecule has 0 saturated heterocycles. The zero-order valence-electron chi connectivity index (χ0n) is 11.7. The Labute approximate surface area is 129 Å². The van der Waals surface area contributed by atoms with Crippen molar-refractivity contribution in [2.24, 2.45) is 0 Å². The first kappa shape index (κ1) is 23.8. The maximum Gasteiger partial charge on any atom is 0.335 e. The molecule has 0 aliphatic rings. The highest BCUT2D eigenvalue weighted by molar-refractivity contribution is 5.73. The van der Waals surface area contributed by atoms with Crippen LogP contribution in [0.5, 0.6) is 0 Å². The smallest absolute Gasteiger partial charge is 0.335 e. The average Bonchev–Trinajstić information content (AvgIpc) is 2.56. The third-order valence-corrected chi connectivity index (χ3v) is 2.49. The number of hydrogen-bond donors (Lipinski definition) is 9. The summed E-state index contributed by atoms with van der Waals surface area (Å²) in [5.74, 6) is -1.76. The maximum absolute atomic E-state index is 10.1. The Balaban J connectivity index is 0. The second-order valence-corrected chi connectivity index (χ2v) is 4.26. The molecule has 0 radical (unpaired) electrons. The number of aliphatic hydroxyl groups is 8. The first-order chi connectivity index (χ1) is 10.5.